The van der Waals surface area contributed by atoms with E-state index in [2.05, 4.69) is 5.32 Å². The zero-order valence-corrected chi connectivity index (χ0v) is 10.2. The monoisotopic (exact) mass is 247 g/mol. The van der Waals surface area contributed by atoms with Gasteiger partial charge >= 0.3 is 0 Å². The average Bonchev–Trinajstić information content (AvgIpc) is 2.90. The number of rotatable bonds is 4. The fourth-order valence-electron chi connectivity index (χ4n) is 2.01. The van der Waals surface area contributed by atoms with Crippen LogP contribution in [-0.4, -0.2) is 36.3 Å². The molecular formula is C13H17N3O2. The Morgan fingerprint density at radius 2 is 1.78 bits per heavy atom. The standard InChI is InChI=1S/C13H17N3O2/c14-13(18)10-3-5-11(6-4-10)15-9-12(17)16-7-1-2-8-16/h3-6,15H,1-2,7-9H2,(H2,14,18). The lowest BCUT2D eigenvalue weighted by atomic mass is 10.2. The zero-order valence-electron chi connectivity index (χ0n) is 10.2. The number of carbonyl (C=O) groups excluding carboxylic acids is 2. The maximum Gasteiger partial charge on any atom is 0.248 e. The highest BCUT2D eigenvalue weighted by Crippen LogP contribution is 2.10. The van der Waals surface area contributed by atoms with Crippen LogP contribution in [0.2, 0.25) is 0 Å². The number of primary amides is 1. The number of hydrogen-bond acceptors (Lipinski definition) is 3. The molecule has 0 saturated carbocycles. The molecule has 1 aliphatic heterocycles. The third-order valence-corrected chi connectivity index (χ3v) is 3.07. The lowest BCUT2D eigenvalue weighted by molar-refractivity contribution is -0.128. The summed E-state index contributed by atoms with van der Waals surface area (Å²) in [7, 11) is 0. The Balaban J connectivity index is 1.86. The van der Waals surface area contributed by atoms with Crippen molar-refractivity contribution in [3.05, 3.63) is 29.8 Å². The SMILES string of the molecule is NC(=O)c1ccc(NCC(=O)N2CCCC2)cc1. The number of nitrogens with zero attached hydrogens (tertiary/aromatic N) is 1. The first kappa shape index (κ1) is 12.4. The van der Waals surface area contributed by atoms with Crippen molar-refractivity contribution in [1.29, 1.82) is 0 Å². The molecule has 5 heteroatoms. The summed E-state index contributed by atoms with van der Waals surface area (Å²) in [6.07, 6.45) is 2.19. The highest BCUT2D eigenvalue weighted by molar-refractivity contribution is 5.93. The molecule has 1 fully saturated rings. The predicted molar refractivity (Wildman–Crippen MR) is 69.3 cm³/mol. The zero-order chi connectivity index (χ0) is 13.0. The molecule has 2 amide bonds. The number of anilines is 1. The van der Waals surface area contributed by atoms with E-state index in [4.69, 9.17) is 5.73 Å². The van der Waals surface area contributed by atoms with Crippen molar-refractivity contribution in [1.82, 2.24) is 4.90 Å². The van der Waals surface area contributed by atoms with E-state index in [0.717, 1.165) is 31.6 Å². The van der Waals surface area contributed by atoms with E-state index in [1.54, 1.807) is 24.3 Å². The molecule has 0 aromatic heterocycles. The molecule has 18 heavy (non-hydrogen) atoms. The highest BCUT2D eigenvalue weighted by atomic mass is 16.2. The van der Waals surface area contributed by atoms with Gasteiger partial charge in [-0.3, -0.25) is 9.59 Å². The normalized spacial score (nSPS) is 14.6. The van der Waals surface area contributed by atoms with E-state index in [0.29, 0.717) is 5.56 Å². The largest absolute Gasteiger partial charge is 0.376 e. The average molecular weight is 247 g/mol. The van der Waals surface area contributed by atoms with Crippen molar-refractivity contribution in [2.75, 3.05) is 25.0 Å². The molecule has 1 aromatic rings. The first-order valence-electron chi connectivity index (χ1n) is 6.08. The van der Waals surface area contributed by atoms with Gasteiger partial charge in [-0.1, -0.05) is 0 Å². The minimum atomic E-state index is -0.449. The van der Waals surface area contributed by atoms with E-state index in [-0.39, 0.29) is 12.5 Å². The second-order valence-corrected chi connectivity index (χ2v) is 4.38. The lowest BCUT2D eigenvalue weighted by Gasteiger charge is -2.15. The second kappa shape index (κ2) is 5.53. The molecule has 2 rings (SSSR count). The summed E-state index contributed by atoms with van der Waals surface area (Å²) in [6, 6.07) is 6.78. The number of carbonyl (C=O) groups is 2. The molecule has 1 aliphatic rings. The Kier molecular flexibility index (Phi) is 3.82. The van der Waals surface area contributed by atoms with Crippen molar-refractivity contribution < 1.29 is 9.59 Å². The molecule has 0 aliphatic carbocycles. The number of amides is 2. The van der Waals surface area contributed by atoms with Crippen LogP contribution in [0.3, 0.4) is 0 Å². The number of benzene rings is 1. The second-order valence-electron chi connectivity index (χ2n) is 4.38. The van der Waals surface area contributed by atoms with Crippen molar-refractivity contribution in [2.45, 2.75) is 12.8 Å². The summed E-state index contributed by atoms with van der Waals surface area (Å²) >= 11 is 0. The summed E-state index contributed by atoms with van der Waals surface area (Å²) < 4.78 is 0. The number of likely N-dealkylation sites (tertiary alicyclic amines) is 1. The molecule has 3 N–H and O–H groups in total. The summed E-state index contributed by atoms with van der Waals surface area (Å²) in [5.74, 6) is -0.332. The molecule has 1 heterocycles. The van der Waals surface area contributed by atoms with Gasteiger partial charge in [0.05, 0.1) is 6.54 Å². The van der Waals surface area contributed by atoms with Crippen LogP contribution in [0.5, 0.6) is 0 Å². The van der Waals surface area contributed by atoms with Gasteiger partial charge in [0.2, 0.25) is 11.8 Å². The summed E-state index contributed by atoms with van der Waals surface area (Å²) in [6.45, 7) is 2.01. The number of nitrogens with two attached hydrogens (primary N) is 1. The van der Waals surface area contributed by atoms with Crippen LogP contribution in [0.1, 0.15) is 23.2 Å². The molecule has 0 unspecified atom stereocenters. The lowest BCUT2D eigenvalue weighted by Crippen LogP contribution is -2.32. The van der Waals surface area contributed by atoms with Gasteiger partial charge in [-0.25, -0.2) is 0 Å². The van der Waals surface area contributed by atoms with E-state index >= 15 is 0 Å². The Morgan fingerprint density at radius 1 is 1.17 bits per heavy atom. The summed E-state index contributed by atoms with van der Waals surface area (Å²) in [5.41, 5.74) is 6.43. The van der Waals surface area contributed by atoms with Crippen molar-refractivity contribution in [2.24, 2.45) is 5.73 Å². The van der Waals surface area contributed by atoms with Crippen LogP contribution in [-0.2, 0) is 4.79 Å². The minimum Gasteiger partial charge on any atom is -0.376 e. The summed E-state index contributed by atoms with van der Waals surface area (Å²) in [4.78, 5) is 24.5. The summed E-state index contributed by atoms with van der Waals surface area (Å²) in [5, 5.41) is 3.04. The third-order valence-electron chi connectivity index (χ3n) is 3.07. The number of nitrogens with one attached hydrogen (secondary N) is 1. The molecule has 5 nitrogen and oxygen atoms in total. The van der Waals surface area contributed by atoms with Gasteiger partial charge in [-0.15, -0.1) is 0 Å². The van der Waals surface area contributed by atoms with E-state index in [1.165, 1.54) is 0 Å². The Hall–Kier alpha value is -2.04. The van der Waals surface area contributed by atoms with Crippen LogP contribution in [0.4, 0.5) is 5.69 Å². The topological polar surface area (TPSA) is 75.4 Å². The maximum absolute atomic E-state index is 11.8. The maximum atomic E-state index is 11.8. The van der Waals surface area contributed by atoms with E-state index in [1.807, 2.05) is 4.90 Å². The molecular weight excluding hydrogens is 230 g/mol. The van der Waals surface area contributed by atoms with Crippen LogP contribution in [0.25, 0.3) is 0 Å². The first-order valence-corrected chi connectivity index (χ1v) is 6.08. The van der Waals surface area contributed by atoms with Crippen molar-refractivity contribution >= 4 is 17.5 Å². The molecule has 0 radical (unpaired) electrons. The van der Waals surface area contributed by atoms with Gasteiger partial charge < -0.3 is 16.0 Å². The van der Waals surface area contributed by atoms with Crippen LogP contribution >= 0.6 is 0 Å². The van der Waals surface area contributed by atoms with Gasteiger partial charge in [-0.05, 0) is 37.1 Å². The van der Waals surface area contributed by atoms with Gasteiger partial charge in [0.25, 0.3) is 0 Å². The predicted octanol–water partition coefficient (Wildman–Crippen LogP) is 0.820. The molecule has 1 saturated heterocycles. The molecule has 0 atom stereocenters. The van der Waals surface area contributed by atoms with E-state index in [9.17, 15) is 9.59 Å². The first-order chi connectivity index (χ1) is 8.66. The van der Waals surface area contributed by atoms with Crippen LogP contribution in [0, 0.1) is 0 Å². The Bertz CT molecular complexity index is 436. The smallest absolute Gasteiger partial charge is 0.248 e. The molecule has 0 spiro atoms. The molecule has 96 valence electrons. The fraction of sp³-hybridized carbons (Fsp3) is 0.385. The van der Waals surface area contributed by atoms with Gasteiger partial charge in [-0.2, -0.15) is 0 Å². The quantitative estimate of drug-likeness (QED) is 0.827. The number of hydrogen-bond donors (Lipinski definition) is 2. The molecule has 1 aromatic carbocycles. The van der Waals surface area contributed by atoms with Gasteiger partial charge in [0, 0.05) is 24.3 Å². The third kappa shape index (κ3) is 3.00. The van der Waals surface area contributed by atoms with Crippen molar-refractivity contribution in [3.8, 4) is 0 Å². The fourth-order valence-corrected chi connectivity index (χ4v) is 2.01. The van der Waals surface area contributed by atoms with Gasteiger partial charge in [0.15, 0.2) is 0 Å². The molecule has 0 bridgehead atoms. The van der Waals surface area contributed by atoms with E-state index < -0.39 is 5.91 Å². The Morgan fingerprint density at radius 3 is 2.33 bits per heavy atom. The highest BCUT2D eigenvalue weighted by Gasteiger charge is 2.17. The Labute approximate surface area is 106 Å². The minimum absolute atomic E-state index is 0.117. The van der Waals surface area contributed by atoms with Gasteiger partial charge in [0.1, 0.15) is 0 Å². The van der Waals surface area contributed by atoms with Crippen LogP contribution < -0.4 is 11.1 Å². The van der Waals surface area contributed by atoms with Crippen LogP contribution in [0.15, 0.2) is 24.3 Å². The van der Waals surface area contributed by atoms with Crippen molar-refractivity contribution in [3.63, 3.8) is 0 Å².